The lowest BCUT2D eigenvalue weighted by Gasteiger charge is -2.27. The van der Waals surface area contributed by atoms with Gasteiger partial charge in [0.05, 0.1) is 19.6 Å². The number of benzene rings is 2. The molecule has 2 aromatic rings. The number of carbonyl (C=O) groups excluding carboxylic acids is 4. The molecule has 0 saturated carbocycles. The van der Waals surface area contributed by atoms with Gasteiger partial charge in [-0.05, 0) is 87.6 Å². The average molecular weight is 1050 g/mol. The molecule has 12 heteroatoms. The van der Waals surface area contributed by atoms with Crippen LogP contribution in [-0.2, 0) is 39.5 Å². The summed E-state index contributed by atoms with van der Waals surface area (Å²) in [6.07, 6.45) is 30.9. The summed E-state index contributed by atoms with van der Waals surface area (Å²) < 4.78 is 11.7. The van der Waals surface area contributed by atoms with Crippen molar-refractivity contribution in [2.75, 3.05) is 45.3 Å². The minimum atomic E-state index is -0.425. The van der Waals surface area contributed by atoms with Crippen LogP contribution in [-0.4, -0.2) is 74.4 Å². The number of rotatable bonds is 29. The molecule has 0 saturated heterocycles. The summed E-state index contributed by atoms with van der Waals surface area (Å²) in [5, 5.41) is 6.11. The summed E-state index contributed by atoms with van der Waals surface area (Å²) in [5.74, 6) is -1.03. The minimum absolute atomic E-state index is 0. The van der Waals surface area contributed by atoms with Crippen molar-refractivity contribution in [3.05, 3.63) is 106 Å². The monoisotopic (exact) mass is 1040 g/mol. The Morgan fingerprint density at radius 1 is 0.643 bits per heavy atom. The number of nitrogens with one attached hydrogen (secondary N) is 2. The van der Waals surface area contributed by atoms with Crippen molar-refractivity contribution in [1.82, 2.24) is 10.6 Å². The standard InChI is InChI=1S/C58H81ClN4O6.BrH/c1-57(2)46-30-21-23-32-48(46)62(40-25-17-13-9-7-11-15-19-34-52(64)60-42-54(66)68-5)50(57)38-36-44-28-27-29-45(56(44)59)37-39-51-58(3,4)47-31-22-24-33-49(47)63(51)41-26-18-14-10-8-12-16-20-35-53(65)61-43-55(67)69-6;/h21-24,30-33,36-39H,7-20,25-29,34-35,40-43H2,1-6H3,(H-,60,61,64,65);1H. The molecule has 5 rings (SSSR count). The molecule has 3 aliphatic rings. The van der Waals surface area contributed by atoms with Gasteiger partial charge in [0.15, 0.2) is 5.71 Å². The van der Waals surface area contributed by atoms with Gasteiger partial charge in [-0.2, -0.15) is 4.58 Å². The van der Waals surface area contributed by atoms with Crippen LogP contribution in [0.4, 0.5) is 11.4 Å². The third kappa shape index (κ3) is 16.8. The van der Waals surface area contributed by atoms with Crippen molar-refractivity contribution in [3.63, 3.8) is 0 Å². The molecule has 2 N–H and O–H groups in total. The molecule has 384 valence electrons. The van der Waals surface area contributed by atoms with E-state index in [4.69, 9.17) is 11.6 Å². The van der Waals surface area contributed by atoms with Crippen LogP contribution in [0.15, 0.2) is 94.7 Å². The number of nitrogens with zero attached hydrogens (tertiary/aromatic N) is 2. The summed E-state index contributed by atoms with van der Waals surface area (Å²) in [4.78, 5) is 48.9. The molecular weight excluding hydrogens is 964 g/mol. The molecule has 0 unspecified atom stereocenters. The molecule has 0 radical (unpaired) electrons. The first-order chi connectivity index (χ1) is 33.3. The largest absolute Gasteiger partial charge is 1.00 e. The Hall–Kier alpha value is -4.48. The Balaban J connectivity index is 0.0000107. The molecule has 70 heavy (non-hydrogen) atoms. The van der Waals surface area contributed by atoms with Crippen molar-refractivity contribution >= 4 is 52.4 Å². The van der Waals surface area contributed by atoms with Crippen LogP contribution in [0.3, 0.4) is 0 Å². The highest BCUT2D eigenvalue weighted by molar-refractivity contribution is 6.32. The van der Waals surface area contributed by atoms with Gasteiger partial charge in [-0.25, -0.2) is 0 Å². The zero-order valence-electron chi connectivity index (χ0n) is 43.2. The highest BCUT2D eigenvalue weighted by Gasteiger charge is 2.44. The van der Waals surface area contributed by atoms with E-state index in [0.29, 0.717) is 12.8 Å². The van der Waals surface area contributed by atoms with E-state index >= 15 is 0 Å². The number of fused-ring (bicyclic) bond motifs is 2. The number of esters is 2. The molecule has 0 bridgehead atoms. The fourth-order valence-electron chi connectivity index (χ4n) is 10.2. The second-order valence-corrected chi connectivity index (χ2v) is 20.5. The van der Waals surface area contributed by atoms with E-state index in [2.05, 4.69) is 130 Å². The zero-order valence-corrected chi connectivity index (χ0v) is 45.5. The van der Waals surface area contributed by atoms with Gasteiger partial charge < -0.3 is 42.0 Å². The van der Waals surface area contributed by atoms with Crippen LogP contribution in [0.1, 0.15) is 174 Å². The maximum atomic E-state index is 11.9. The highest BCUT2D eigenvalue weighted by Crippen LogP contribution is 2.48. The summed E-state index contributed by atoms with van der Waals surface area (Å²) >= 11 is 7.37. The number of halogens is 2. The van der Waals surface area contributed by atoms with Crippen LogP contribution in [0.5, 0.6) is 0 Å². The number of amides is 2. The molecular formula is C58H82BrClN4O6. The number of unbranched alkanes of at least 4 members (excludes halogenated alkanes) is 14. The van der Waals surface area contributed by atoms with E-state index in [0.717, 1.165) is 88.8 Å². The van der Waals surface area contributed by atoms with Gasteiger partial charge in [0.2, 0.25) is 17.5 Å². The topological polar surface area (TPSA) is 117 Å². The zero-order chi connectivity index (χ0) is 49.7. The molecule has 0 spiro atoms. The Kier molecular flexibility index (Phi) is 24.7. The summed E-state index contributed by atoms with van der Waals surface area (Å²) in [7, 11) is 2.64. The third-order valence-corrected chi connectivity index (χ3v) is 14.8. The number of anilines is 1. The van der Waals surface area contributed by atoms with Gasteiger partial charge >= 0.3 is 11.9 Å². The first-order valence-corrected chi connectivity index (χ1v) is 26.4. The number of carbonyl (C=O) groups is 4. The Bertz CT molecular complexity index is 2220. The lowest BCUT2D eigenvalue weighted by molar-refractivity contribution is -0.438. The number of methoxy groups -OCH3 is 2. The predicted octanol–water partition coefficient (Wildman–Crippen LogP) is 9.51. The number of hydrogen-bond acceptors (Lipinski definition) is 7. The van der Waals surface area contributed by atoms with Crippen LogP contribution in [0.2, 0.25) is 0 Å². The van der Waals surface area contributed by atoms with E-state index < -0.39 is 11.9 Å². The van der Waals surface area contributed by atoms with Gasteiger partial charge in [0.1, 0.15) is 19.6 Å². The van der Waals surface area contributed by atoms with Crippen LogP contribution in [0.25, 0.3) is 0 Å². The number of para-hydroxylation sites is 2. The lowest BCUT2D eigenvalue weighted by Crippen LogP contribution is -3.00. The van der Waals surface area contributed by atoms with E-state index in [9.17, 15) is 19.2 Å². The van der Waals surface area contributed by atoms with E-state index in [1.165, 1.54) is 111 Å². The van der Waals surface area contributed by atoms with Crippen molar-refractivity contribution in [3.8, 4) is 0 Å². The molecule has 0 atom stereocenters. The van der Waals surface area contributed by atoms with Crippen LogP contribution >= 0.6 is 11.6 Å². The Morgan fingerprint density at radius 3 is 1.74 bits per heavy atom. The van der Waals surface area contributed by atoms with Gasteiger partial charge in [-0.1, -0.05) is 145 Å². The summed E-state index contributed by atoms with van der Waals surface area (Å²) in [6.45, 7) is 11.2. The normalized spacial score (nSPS) is 16.9. The molecule has 10 nitrogen and oxygen atoms in total. The second kappa shape index (κ2) is 29.8. The Labute approximate surface area is 435 Å². The number of ether oxygens (including phenoxy) is 2. The molecule has 2 amide bonds. The first kappa shape index (κ1) is 58.1. The number of allylic oxidation sites excluding steroid dienone is 8. The van der Waals surface area contributed by atoms with Gasteiger partial charge in [-0.15, -0.1) is 0 Å². The van der Waals surface area contributed by atoms with Crippen molar-refractivity contribution in [2.24, 2.45) is 0 Å². The molecule has 2 heterocycles. The van der Waals surface area contributed by atoms with E-state index in [1.807, 2.05) is 0 Å². The second-order valence-electron chi connectivity index (χ2n) is 20.1. The first-order valence-electron chi connectivity index (χ1n) is 26.1. The van der Waals surface area contributed by atoms with Crippen molar-refractivity contribution < 1.29 is 50.2 Å². The lowest BCUT2D eigenvalue weighted by atomic mass is 9.81. The molecule has 0 fully saturated rings. The molecule has 1 aliphatic carbocycles. The van der Waals surface area contributed by atoms with Gasteiger partial charge in [-0.3, -0.25) is 19.2 Å². The Morgan fingerprint density at radius 2 is 1.16 bits per heavy atom. The van der Waals surface area contributed by atoms with Crippen molar-refractivity contribution in [2.45, 2.75) is 173 Å². The smallest absolute Gasteiger partial charge is 0.325 e. The maximum absolute atomic E-state index is 11.9. The molecule has 2 aliphatic heterocycles. The SMILES string of the molecule is COC(=O)CNC(=O)CCCCCCCCCCN1C(=CC=C2CCCC(C=CC3=[N+](CCCCCCCCCCC(=O)NCC(=O)OC)c4ccccc4C3(C)C)=C2Cl)C(C)(C)c2ccccc21.[Br-]. The van der Waals surface area contributed by atoms with E-state index in [1.54, 1.807) is 0 Å². The van der Waals surface area contributed by atoms with Crippen LogP contribution < -0.4 is 32.5 Å². The summed E-state index contributed by atoms with van der Waals surface area (Å²) in [5.41, 5.74) is 10.2. The van der Waals surface area contributed by atoms with Gasteiger partial charge in [0, 0.05) is 65.3 Å². The fourth-order valence-corrected chi connectivity index (χ4v) is 10.5. The maximum Gasteiger partial charge on any atom is 0.325 e. The number of hydrogen-bond donors (Lipinski definition) is 2. The minimum Gasteiger partial charge on any atom is -1.00 e. The summed E-state index contributed by atoms with van der Waals surface area (Å²) in [6, 6.07) is 17.8. The fraction of sp³-hybridized carbons (Fsp3) is 0.569. The van der Waals surface area contributed by atoms with E-state index in [-0.39, 0.29) is 52.7 Å². The van der Waals surface area contributed by atoms with Gasteiger partial charge in [0.25, 0.3) is 0 Å². The predicted molar refractivity (Wildman–Crippen MR) is 281 cm³/mol. The molecule has 2 aromatic carbocycles. The molecule has 0 aromatic heterocycles. The third-order valence-electron chi connectivity index (χ3n) is 14.3. The van der Waals surface area contributed by atoms with Crippen molar-refractivity contribution in [1.29, 1.82) is 0 Å². The van der Waals surface area contributed by atoms with Crippen LogP contribution in [0, 0.1) is 0 Å². The quantitative estimate of drug-likeness (QED) is 0.0474. The highest BCUT2D eigenvalue weighted by atomic mass is 79.9. The average Bonchev–Trinajstić information content (AvgIpc) is 3.70.